The van der Waals surface area contributed by atoms with Crippen molar-refractivity contribution in [3.05, 3.63) is 24.0 Å². The highest BCUT2D eigenvalue weighted by Crippen LogP contribution is 2.39. The smallest absolute Gasteiger partial charge is 0.308 e. The van der Waals surface area contributed by atoms with Crippen molar-refractivity contribution in [1.82, 2.24) is 14.6 Å². The van der Waals surface area contributed by atoms with Crippen LogP contribution in [-0.4, -0.2) is 70.5 Å². The quantitative estimate of drug-likeness (QED) is 0.155. The molecule has 8 nitrogen and oxygen atoms in total. The summed E-state index contributed by atoms with van der Waals surface area (Å²) in [6.07, 6.45) is 4.30. The molecule has 0 spiro atoms. The van der Waals surface area contributed by atoms with Gasteiger partial charge in [-0.1, -0.05) is 39.3 Å². The normalized spacial score (nSPS) is 18.8. The number of fused-ring (bicyclic) bond motifs is 1. The first kappa shape index (κ1) is 27.8. The van der Waals surface area contributed by atoms with Gasteiger partial charge in [0.05, 0.1) is 19.2 Å². The number of aromatic nitrogens is 3. The van der Waals surface area contributed by atoms with Crippen LogP contribution in [0.4, 0.5) is 5.82 Å². The lowest BCUT2D eigenvalue weighted by Gasteiger charge is -2.27. The molecule has 0 N–H and O–H groups in total. The van der Waals surface area contributed by atoms with E-state index in [1.165, 1.54) is 7.11 Å². The minimum Gasteiger partial charge on any atom is -0.469 e. The maximum absolute atomic E-state index is 12.1. The first-order valence-electron chi connectivity index (χ1n) is 12.8. The molecule has 1 aliphatic rings. The Morgan fingerprint density at radius 2 is 1.69 bits per heavy atom. The second-order valence-electron chi connectivity index (χ2n) is 12.1. The van der Waals surface area contributed by atoms with Crippen molar-refractivity contribution in [3.8, 4) is 0 Å². The van der Waals surface area contributed by atoms with Crippen LogP contribution in [0.3, 0.4) is 0 Å². The van der Waals surface area contributed by atoms with Crippen LogP contribution in [-0.2, 0) is 19.0 Å². The molecule has 0 amide bonds. The predicted molar refractivity (Wildman–Crippen MR) is 146 cm³/mol. The van der Waals surface area contributed by atoms with Crippen LogP contribution < -0.4 is 4.90 Å². The summed E-state index contributed by atoms with van der Waals surface area (Å²) in [5.41, 5.74) is 1.79. The molecule has 2 unspecified atom stereocenters. The zero-order valence-corrected chi connectivity index (χ0v) is 24.7. The van der Waals surface area contributed by atoms with E-state index in [9.17, 15) is 4.79 Å². The molecule has 1 fully saturated rings. The van der Waals surface area contributed by atoms with Gasteiger partial charge in [0.25, 0.3) is 0 Å². The van der Waals surface area contributed by atoms with Gasteiger partial charge in [-0.25, -0.2) is 4.98 Å². The maximum atomic E-state index is 12.1. The van der Waals surface area contributed by atoms with Crippen LogP contribution in [0.25, 0.3) is 5.65 Å². The van der Waals surface area contributed by atoms with Crippen LogP contribution in [0.1, 0.15) is 30.9 Å². The van der Waals surface area contributed by atoms with Crippen molar-refractivity contribution in [2.24, 2.45) is 5.92 Å². The number of hydrogen-bond acceptors (Lipinski definition) is 7. The zero-order valence-electron chi connectivity index (χ0n) is 22.7. The van der Waals surface area contributed by atoms with Crippen LogP contribution in [0.5, 0.6) is 0 Å². The van der Waals surface area contributed by atoms with E-state index in [1.807, 2.05) is 10.6 Å². The fourth-order valence-electron chi connectivity index (χ4n) is 4.26. The molecule has 2 aromatic rings. The monoisotopic (exact) mass is 520 g/mol. The first-order chi connectivity index (χ1) is 16.5. The average Bonchev–Trinajstić information content (AvgIpc) is 3.45. The van der Waals surface area contributed by atoms with Gasteiger partial charge in [-0.05, 0) is 31.4 Å². The summed E-state index contributed by atoms with van der Waals surface area (Å²) in [7, 11) is -0.885. The van der Waals surface area contributed by atoms with Crippen LogP contribution in [0.2, 0.25) is 51.4 Å². The molecule has 0 saturated heterocycles. The van der Waals surface area contributed by atoms with E-state index in [-0.39, 0.29) is 17.8 Å². The fourth-order valence-corrected chi connectivity index (χ4v) is 5.77. The second kappa shape index (κ2) is 12.0. The first-order valence-corrected chi connectivity index (χ1v) is 20.2. The number of nitrogens with zero attached hydrogens (tertiary/aromatic N) is 4. The Bertz CT molecular complexity index is 949. The number of methoxy groups -OCH3 is 1. The molecule has 196 valence electrons. The van der Waals surface area contributed by atoms with Gasteiger partial charge < -0.3 is 19.1 Å². The van der Waals surface area contributed by atoms with E-state index in [1.54, 1.807) is 6.20 Å². The minimum atomic E-state index is -1.17. The van der Waals surface area contributed by atoms with E-state index in [0.717, 1.165) is 61.7 Å². The molecule has 3 rings (SSSR count). The van der Waals surface area contributed by atoms with Crippen LogP contribution in [0.15, 0.2) is 18.3 Å². The lowest BCUT2D eigenvalue weighted by atomic mass is 10.0. The lowest BCUT2D eigenvalue weighted by Crippen LogP contribution is -2.33. The predicted octanol–water partition coefficient (Wildman–Crippen LogP) is 5.22. The summed E-state index contributed by atoms with van der Waals surface area (Å²) in [6, 6.07) is 6.27. The van der Waals surface area contributed by atoms with Crippen molar-refractivity contribution in [3.63, 3.8) is 0 Å². The van der Waals surface area contributed by atoms with Crippen LogP contribution in [0, 0.1) is 5.92 Å². The number of ether oxygens (including phenoxy) is 3. The van der Waals surface area contributed by atoms with E-state index >= 15 is 0 Å². The summed E-state index contributed by atoms with van der Waals surface area (Å²) in [4.78, 5) is 19.1. The molecule has 0 radical (unpaired) electrons. The SMILES string of the molecule is COC(=O)C1CCC(c2cc(N(COCC[Si](C)(C)C)COCC[Si](C)(C)C)n3nccc3n2)C1. The summed E-state index contributed by atoms with van der Waals surface area (Å²) >= 11 is 0. The number of hydrogen-bond donors (Lipinski definition) is 0. The minimum absolute atomic E-state index is 0.0534. The molecule has 10 heteroatoms. The van der Waals surface area contributed by atoms with Crippen molar-refractivity contribution in [1.29, 1.82) is 0 Å². The van der Waals surface area contributed by atoms with Gasteiger partial charge in [-0.2, -0.15) is 9.61 Å². The highest BCUT2D eigenvalue weighted by atomic mass is 28.3. The molecule has 0 bridgehead atoms. The number of esters is 1. The molecule has 0 aliphatic heterocycles. The summed E-state index contributed by atoms with van der Waals surface area (Å²) in [5.74, 6) is 0.964. The molecule has 2 aromatic heterocycles. The Hall–Kier alpha value is -1.76. The largest absolute Gasteiger partial charge is 0.469 e. The maximum Gasteiger partial charge on any atom is 0.308 e. The lowest BCUT2D eigenvalue weighted by molar-refractivity contribution is -0.145. The number of carbonyl (C=O) groups excluding carboxylic acids is 1. The van der Waals surface area contributed by atoms with Crippen molar-refractivity contribution >= 4 is 33.6 Å². The second-order valence-corrected chi connectivity index (χ2v) is 23.3. The van der Waals surface area contributed by atoms with Gasteiger partial charge in [0, 0.05) is 53.1 Å². The Labute approximate surface area is 212 Å². The number of anilines is 1. The van der Waals surface area contributed by atoms with E-state index in [4.69, 9.17) is 19.2 Å². The Balaban J connectivity index is 1.80. The van der Waals surface area contributed by atoms with E-state index in [0.29, 0.717) is 13.5 Å². The molecule has 1 saturated carbocycles. The topological polar surface area (TPSA) is 78.2 Å². The van der Waals surface area contributed by atoms with Gasteiger partial charge in [0.1, 0.15) is 19.3 Å². The Morgan fingerprint density at radius 1 is 1.06 bits per heavy atom. The van der Waals surface area contributed by atoms with Gasteiger partial charge in [-0.3, -0.25) is 4.79 Å². The molecule has 0 aromatic carbocycles. The molecule has 1 aliphatic carbocycles. The molecule has 2 atom stereocenters. The fraction of sp³-hybridized carbons (Fsp3) is 0.720. The number of rotatable bonds is 13. The molecular weight excluding hydrogens is 476 g/mol. The molecular formula is C25H44N4O4Si2. The Kier molecular flexibility index (Phi) is 9.53. The number of carbonyl (C=O) groups is 1. The van der Waals surface area contributed by atoms with E-state index in [2.05, 4.69) is 55.3 Å². The summed E-state index contributed by atoms with van der Waals surface area (Å²) in [6.45, 7) is 16.5. The van der Waals surface area contributed by atoms with Crippen molar-refractivity contribution in [2.45, 2.75) is 76.6 Å². The van der Waals surface area contributed by atoms with Gasteiger partial charge in [0.15, 0.2) is 5.65 Å². The summed E-state index contributed by atoms with van der Waals surface area (Å²) < 4.78 is 19.1. The highest BCUT2D eigenvalue weighted by molar-refractivity contribution is 6.76. The van der Waals surface area contributed by atoms with Gasteiger partial charge in [-0.15, -0.1) is 0 Å². The zero-order chi connectivity index (χ0) is 25.6. The van der Waals surface area contributed by atoms with Crippen molar-refractivity contribution < 1.29 is 19.0 Å². The molecule has 2 heterocycles. The van der Waals surface area contributed by atoms with E-state index < -0.39 is 16.1 Å². The van der Waals surface area contributed by atoms with Crippen LogP contribution >= 0.6 is 0 Å². The van der Waals surface area contributed by atoms with Gasteiger partial charge >= 0.3 is 5.97 Å². The standard InChI is InChI=1S/C25H44N4O4Si2/c1-31-25(30)21-9-8-20(16-21)22-17-24(29-23(27-22)10-11-26-29)28(18-32-12-14-34(2,3)4)19-33-13-15-35(5,6)7/h10-11,17,20-21H,8-9,12-16,18-19H2,1-7H3. The summed E-state index contributed by atoms with van der Waals surface area (Å²) in [5, 5.41) is 4.54. The molecule has 35 heavy (non-hydrogen) atoms. The average molecular weight is 521 g/mol. The third-order valence-electron chi connectivity index (χ3n) is 6.56. The van der Waals surface area contributed by atoms with Crippen molar-refractivity contribution in [2.75, 3.05) is 38.7 Å². The van der Waals surface area contributed by atoms with Gasteiger partial charge in [0.2, 0.25) is 0 Å². The third kappa shape index (κ3) is 8.40. The third-order valence-corrected chi connectivity index (χ3v) is 9.97. The highest BCUT2D eigenvalue weighted by Gasteiger charge is 2.33. The Morgan fingerprint density at radius 3 is 2.26 bits per heavy atom.